The van der Waals surface area contributed by atoms with Crippen LogP contribution in [-0.2, 0) is 17.6 Å². The van der Waals surface area contributed by atoms with Crippen molar-refractivity contribution in [3.63, 3.8) is 0 Å². The summed E-state index contributed by atoms with van der Waals surface area (Å²) < 4.78 is 3.44. The molecule has 0 radical (unpaired) electrons. The van der Waals surface area contributed by atoms with E-state index in [1.807, 2.05) is 62.0 Å². The molecular weight excluding hydrogens is 434 g/mol. The van der Waals surface area contributed by atoms with Gasteiger partial charge in [0.1, 0.15) is 5.69 Å². The molecule has 0 saturated carbocycles. The van der Waals surface area contributed by atoms with Gasteiger partial charge in [-0.15, -0.1) is 11.3 Å². The molecule has 33 heavy (non-hydrogen) atoms. The van der Waals surface area contributed by atoms with Gasteiger partial charge in [-0.05, 0) is 51.3 Å². The van der Waals surface area contributed by atoms with Gasteiger partial charge in [0.05, 0.1) is 23.4 Å². The van der Waals surface area contributed by atoms with Crippen LogP contribution in [0.15, 0.2) is 40.5 Å². The van der Waals surface area contributed by atoms with Crippen molar-refractivity contribution >= 4 is 22.2 Å². The van der Waals surface area contributed by atoms with E-state index >= 15 is 0 Å². The van der Waals surface area contributed by atoms with Gasteiger partial charge in [0.25, 0.3) is 5.56 Å². The largest absolute Gasteiger partial charge is 0.353 e. The van der Waals surface area contributed by atoms with Crippen molar-refractivity contribution in [3.05, 3.63) is 68.7 Å². The molecule has 4 aromatic rings. The minimum absolute atomic E-state index is 0.0907. The molecule has 0 aliphatic carbocycles. The Bertz CT molecular complexity index is 1380. The maximum atomic E-state index is 13.6. The molecule has 0 fully saturated rings. The molecule has 8 heteroatoms. The molecule has 1 atom stereocenters. The van der Waals surface area contributed by atoms with E-state index in [4.69, 9.17) is 5.10 Å². The fourth-order valence-electron chi connectivity index (χ4n) is 3.97. The summed E-state index contributed by atoms with van der Waals surface area (Å²) in [4.78, 5) is 31.3. The van der Waals surface area contributed by atoms with Crippen LogP contribution >= 0.6 is 11.3 Å². The second-order valence-electron chi connectivity index (χ2n) is 8.34. The number of thiazole rings is 1. The fourth-order valence-corrected chi connectivity index (χ4v) is 4.90. The van der Waals surface area contributed by atoms with Gasteiger partial charge >= 0.3 is 0 Å². The molecule has 0 aliphatic heterocycles. The monoisotopic (exact) mass is 463 g/mol. The van der Waals surface area contributed by atoms with E-state index in [0.717, 1.165) is 24.2 Å². The van der Waals surface area contributed by atoms with Gasteiger partial charge in [-0.3, -0.25) is 14.0 Å². The third-order valence-electron chi connectivity index (χ3n) is 5.93. The number of para-hydroxylation sites is 1. The molecule has 1 aromatic carbocycles. The molecule has 1 amide bonds. The number of benzene rings is 1. The lowest BCUT2D eigenvalue weighted by Gasteiger charge is -2.11. The van der Waals surface area contributed by atoms with Crippen LogP contribution in [0.1, 0.15) is 49.8 Å². The Morgan fingerprint density at radius 1 is 1.21 bits per heavy atom. The summed E-state index contributed by atoms with van der Waals surface area (Å²) in [5.41, 5.74) is 5.26. The Balaban J connectivity index is 1.79. The predicted octanol–water partition coefficient (Wildman–Crippen LogP) is 4.25. The predicted molar refractivity (Wildman–Crippen MR) is 132 cm³/mol. The van der Waals surface area contributed by atoms with E-state index in [2.05, 4.69) is 23.3 Å². The number of hydrogen-bond donors (Lipinski definition) is 1. The summed E-state index contributed by atoms with van der Waals surface area (Å²) in [6, 6.07) is 10.2. The SMILES string of the molecule is CCc1ccccc1-n1nc(-c2c(C)nc3scc(CC(=O)NC(C)CC)n3c2=O)cc1C. The summed E-state index contributed by atoms with van der Waals surface area (Å²) in [6.07, 6.45) is 1.87. The van der Waals surface area contributed by atoms with Crippen molar-refractivity contribution in [1.29, 1.82) is 0 Å². The number of nitrogens with one attached hydrogen (secondary N) is 1. The first-order chi connectivity index (χ1) is 15.8. The Morgan fingerprint density at radius 2 is 1.97 bits per heavy atom. The lowest BCUT2D eigenvalue weighted by atomic mass is 10.1. The Morgan fingerprint density at radius 3 is 2.70 bits per heavy atom. The molecule has 1 N–H and O–H groups in total. The van der Waals surface area contributed by atoms with E-state index < -0.39 is 0 Å². The van der Waals surface area contributed by atoms with Gasteiger partial charge in [0.15, 0.2) is 4.96 Å². The number of aromatic nitrogens is 4. The van der Waals surface area contributed by atoms with Gasteiger partial charge in [0, 0.05) is 22.8 Å². The molecule has 0 bridgehead atoms. The van der Waals surface area contributed by atoms with Crippen LogP contribution in [0.3, 0.4) is 0 Å². The zero-order valence-electron chi connectivity index (χ0n) is 19.7. The first-order valence-electron chi connectivity index (χ1n) is 11.3. The topological polar surface area (TPSA) is 81.3 Å². The summed E-state index contributed by atoms with van der Waals surface area (Å²) in [5.74, 6) is -0.102. The van der Waals surface area contributed by atoms with E-state index in [1.54, 1.807) is 4.40 Å². The standard InChI is InChI=1S/C25H29N5O2S/c1-6-15(3)26-22(31)13-19-14-33-25-27-17(5)23(24(32)29(19)25)20-12-16(4)30(28-20)21-11-9-8-10-18(21)7-2/h8-12,14-15H,6-7,13H2,1-5H3,(H,26,31). The Kier molecular flexibility index (Phi) is 6.47. The number of amides is 1. The zero-order valence-corrected chi connectivity index (χ0v) is 20.5. The maximum Gasteiger partial charge on any atom is 0.268 e. The van der Waals surface area contributed by atoms with Crippen molar-refractivity contribution in [3.8, 4) is 16.9 Å². The zero-order chi connectivity index (χ0) is 23.7. The number of carbonyl (C=O) groups is 1. The van der Waals surface area contributed by atoms with E-state index in [0.29, 0.717) is 27.6 Å². The summed E-state index contributed by atoms with van der Waals surface area (Å²) in [7, 11) is 0. The summed E-state index contributed by atoms with van der Waals surface area (Å²) in [6.45, 7) is 9.92. The second kappa shape index (κ2) is 9.31. The molecule has 4 rings (SSSR count). The minimum Gasteiger partial charge on any atom is -0.353 e. The molecule has 7 nitrogen and oxygen atoms in total. The maximum absolute atomic E-state index is 13.6. The molecule has 0 spiro atoms. The van der Waals surface area contributed by atoms with Crippen LogP contribution in [-0.4, -0.2) is 31.1 Å². The molecule has 3 heterocycles. The van der Waals surface area contributed by atoms with Crippen LogP contribution < -0.4 is 10.9 Å². The van der Waals surface area contributed by atoms with Crippen molar-refractivity contribution in [2.24, 2.45) is 0 Å². The third kappa shape index (κ3) is 4.35. The highest BCUT2D eigenvalue weighted by molar-refractivity contribution is 7.15. The number of rotatable bonds is 7. The average molecular weight is 464 g/mol. The van der Waals surface area contributed by atoms with Crippen LogP contribution in [0, 0.1) is 13.8 Å². The normalized spacial score (nSPS) is 12.3. The van der Waals surface area contributed by atoms with E-state index in [9.17, 15) is 9.59 Å². The van der Waals surface area contributed by atoms with Crippen molar-refractivity contribution in [1.82, 2.24) is 24.5 Å². The highest BCUT2D eigenvalue weighted by Gasteiger charge is 2.20. The third-order valence-corrected chi connectivity index (χ3v) is 6.80. The van der Waals surface area contributed by atoms with Gasteiger partial charge in [-0.2, -0.15) is 5.10 Å². The van der Waals surface area contributed by atoms with E-state index in [1.165, 1.54) is 16.9 Å². The molecule has 172 valence electrons. The number of hydrogen-bond acceptors (Lipinski definition) is 5. The number of fused-ring (bicyclic) bond motifs is 1. The average Bonchev–Trinajstić information content (AvgIpc) is 3.36. The first kappa shape index (κ1) is 22.9. The summed E-state index contributed by atoms with van der Waals surface area (Å²) >= 11 is 1.37. The van der Waals surface area contributed by atoms with E-state index in [-0.39, 0.29) is 23.9 Å². The second-order valence-corrected chi connectivity index (χ2v) is 9.18. The molecule has 1 unspecified atom stereocenters. The Hall–Kier alpha value is -3.26. The molecular formula is C25H29N5O2S. The van der Waals surface area contributed by atoms with Crippen molar-refractivity contribution in [2.45, 2.75) is 59.9 Å². The molecule has 0 saturated heterocycles. The van der Waals surface area contributed by atoms with Crippen LogP contribution in [0.2, 0.25) is 0 Å². The smallest absolute Gasteiger partial charge is 0.268 e. The van der Waals surface area contributed by atoms with Crippen LogP contribution in [0.25, 0.3) is 21.9 Å². The number of aryl methyl sites for hydroxylation is 3. The number of carbonyl (C=O) groups excluding carboxylic acids is 1. The molecule has 3 aromatic heterocycles. The molecule has 0 aliphatic rings. The van der Waals surface area contributed by atoms with Crippen molar-refractivity contribution in [2.75, 3.05) is 0 Å². The highest BCUT2D eigenvalue weighted by Crippen LogP contribution is 2.24. The Labute approximate surface area is 197 Å². The van der Waals surface area contributed by atoms with Gasteiger partial charge in [-0.25, -0.2) is 9.67 Å². The minimum atomic E-state index is -0.196. The quantitative estimate of drug-likeness (QED) is 0.444. The van der Waals surface area contributed by atoms with Gasteiger partial charge in [0.2, 0.25) is 5.91 Å². The number of nitrogens with zero attached hydrogens (tertiary/aromatic N) is 4. The van der Waals surface area contributed by atoms with Gasteiger partial charge < -0.3 is 5.32 Å². The lowest BCUT2D eigenvalue weighted by molar-refractivity contribution is -0.121. The fraction of sp³-hybridized carbons (Fsp3) is 0.360. The van der Waals surface area contributed by atoms with Crippen LogP contribution in [0.5, 0.6) is 0 Å². The summed E-state index contributed by atoms with van der Waals surface area (Å²) in [5, 5.41) is 9.60. The highest BCUT2D eigenvalue weighted by atomic mass is 32.1. The van der Waals surface area contributed by atoms with Crippen molar-refractivity contribution < 1.29 is 4.79 Å². The van der Waals surface area contributed by atoms with Gasteiger partial charge in [-0.1, -0.05) is 32.0 Å². The lowest BCUT2D eigenvalue weighted by Crippen LogP contribution is -2.34. The van der Waals surface area contributed by atoms with Crippen LogP contribution in [0.4, 0.5) is 0 Å². The first-order valence-corrected chi connectivity index (χ1v) is 12.2.